The number of hydrogen-bond acceptors (Lipinski definition) is 4. The van der Waals surface area contributed by atoms with E-state index in [1.54, 1.807) is 30.3 Å². The van der Waals surface area contributed by atoms with E-state index in [0.717, 1.165) is 5.56 Å². The summed E-state index contributed by atoms with van der Waals surface area (Å²) in [4.78, 5) is 11.7. The Bertz CT molecular complexity index is 615. The van der Waals surface area contributed by atoms with E-state index >= 15 is 0 Å². The Morgan fingerprint density at radius 1 is 1.47 bits per heavy atom. The summed E-state index contributed by atoms with van der Waals surface area (Å²) >= 11 is 3.22. The summed E-state index contributed by atoms with van der Waals surface area (Å²) in [6.45, 7) is 0. The van der Waals surface area contributed by atoms with Gasteiger partial charge in [-0.25, -0.2) is 0 Å². The van der Waals surface area contributed by atoms with Gasteiger partial charge in [0.1, 0.15) is 0 Å². The highest BCUT2D eigenvalue weighted by molar-refractivity contribution is 9.10. The summed E-state index contributed by atoms with van der Waals surface area (Å²) in [6, 6.07) is 6.57. The second-order valence-corrected chi connectivity index (χ2v) is 4.58. The number of rotatable bonds is 4. The number of benzene rings is 1. The molecule has 0 aliphatic carbocycles. The number of furan rings is 1. The molecule has 4 nitrogen and oxygen atoms in total. The molecule has 2 aromatic rings. The fourth-order valence-corrected chi connectivity index (χ4v) is 1.98. The van der Waals surface area contributed by atoms with Gasteiger partial charge < -0.3 is 14.3 Å². The van der Waals surface area contributed by atoms with E-state index in [1.165, 1.54) is 19.4 Å². The van der Waals surface area contributed by atoms with Gasteiger partial charge in [-0.3, -0.25) is 4.79 Å². The van der Waals surface area contributed by atoms with Gasteiger partial charge >= 0.3 is 0 Å². The van der Waals surface area contributed by atoms with Gasteiger partial charge in [-0.1, -0.05) is 6.08 Å². The van der Waals surface area contributed by atoms with Gasteiger partial charge in [0.2, 0.25) is 5.78 Å². The predicted octanol–water partition coefficient (Wildman–Crippen LogP) is 3.65. The van der Waals surface area contributed by atoms with Crippen LogP contribution >= 0.6 is 15.9 Å². The number of carbonyl (C=O) groups excluding carboxylic acids is 1. The monoisotopic (exact) mass is 322 g/mol. The molecule has 0 bridgehead atoms. The number of ether oxygens (including phenoxy) is 1. The normalized spacial score (nSPS) is 10.8. The highest BCUT2D eigenvalue weighted by Gasteiger charge is 2.08. The zero-order chi connectivity index (χ0) is 13.8. The second-order valence-electron chi connectivity index (χ2n) is 3.73. The molecule has 0 atom stereocenters. The van der Waals surface area contributed by atoms with Crippen molar-refractivity contribution in [1.29, 1.82) is 0 Å². The fourth-order valence-electron chi connectivity index (χ4n) is 1.52. The molecule has 0 unspecified atom stereocenters. The predicted molar refractivity (Wildman–Crippen MR) is 74.4 cm³/mol. The Labute approximate surface area is 118 Å². The van der Waals surface area contributed by atoms with Crippen LogP contribution in [0.2, 0.25) is 0 Å². The maximum absolute atomic E-state index is 11.7. The lowest BCUT2D eigenvalue weighted by molar-refractivity contribution is 0.102. The lowest BCUT2D eigenvalue weighted by atomic mass is 10.1. The molecule has 0 saturated carbocycles. The molecule has 0 amide bonds. The molecule has 1 heterocycles. The molecule has 0 aliphatic rings. The first kappa shape index (κ1) is 13.4. The van der Waals surface area contributed by atoms with Crippen LogP contribution in [-0.2, 0) is 0 Å². The summed E-state index contributed by atoms with van der Waals surface area (Å²) in [5.74, 6) is 0.408. The number of halogens is 1. The Kier molecular flexibility index (Phi) is 4.06. The van der Waals surface area contributed by atoms with Gasteiger partial charge in [-0.05, 0) is 51.8 Å². The highest BCUT2D eigenvalue weighted by atomic mass is 79.9. The molecule has 0 saturated heterocycles. The van der Waals surface area contributed by atoms with Crippen LogP contribution in [0.25, 0.3) is 6.08 Å². The molecule has 98 valence electrons. The molecule has 1 N–H and O–H groups in total. The smallest absolute Gasteiger partial charge is 0.221 e. The second kappa shape index (κ2) is 5.75. The molecular weight excluding hydrogens is 312 g/mol. The van der Waals surface area contributed by atoms with E-state index in [4.69, 9.17) is 9.15 Å². The van der Waals surface area contributed by atoms with Crippen molar-refractivity contribution in [2.45, 2.75) is 0 Å². The van der Waals surface area contributed by atoms with Gasteiger partial charge in [0.25, 0.3) is 0 Å². The van der Waals surface area contributed by atoms with E-state index < -0.39 is 0 Å². The number of hydrogen-bond donors (Lipinski definition) is 1. The van der Waals surface area contributed by atoms with Crippen LogP contribution in [0.1, 0.15) is 16.1 Å². The maximum atomic E-state index is 11.7. The quantitative estimate of drug-likeness (QED) is 0.689. The number of phenolic OH excluding ortho intramolecular Hbond substituents is 1. The molecule has 2 rings (SSSR count). The number of aromatic hydroxyl groups is 1. The van der Waals surface area contributed by atoms with Gasteiger partial charge in [0.05, 0.1) is 17.8 Å². The summed E-state index contributed by atoms with van der Waals surface area (Å²) < 4.78 is 10.5. The van der Waals surface area contributed by atoms with E-state index in [0.29, 0.717) is 10.2 Å². The fraction of sp³-hybridized carbons (Fsp3) is 0.0714. The molecule has 0 spiro atoms. The molecule has 5 heteroatoms. The Hall–Kier alpha value is -2.01. The molecule has 0 fully saturated rings. The summed E-state index contributed by atoms with van der Waals surface area (Å²) in [5.41, 5.74) is 0.724. The lowest BCUT2D eigenvalue weighted by Crippen LogP contribution is -1.91. The number of methoxy groups -OCH3 is 1. The SMILES string of the molecule is COc1cc(C=CC(=O)c2ccco2)cc(Br)c1O. The Balaban J connectivity index is 2.24. The van der Waals surface area contributed by atoms with Crippen molar-refractivity contribution >= 4 is 27.8 Å². The van der Waals surface area contributed by atoms with Crippen molar-refractivity contribution in [1.82, 2.24) is 0 Å². The third kappa shape index (κ3) is 3.06. The van der Waals surface area contributed by atoms with Gasteiger partial charge in [-0.15, -0.1) is 0 Å². The molecular formula is C14H11BrO4. The Morgan fingerprint density at radius 3 is 2.89 bits per heavy atom. The molecule has 0 aliphatic heterocycles. The number of phenols is 1. The highest BCUT2D eigenvalue weighted by Crippen LogP contribution is 2.35. The minimum absolute atomic E-state index is 0.0250. The average Bonchev–Trinajstić information content (AvgIpc) is 2.93. The summed E-state index contributed by atoms with van der Waals surface area (Å²) in [7, 11) is 1.46. The zero-order valence-corrected chi connectivity index (χ0v) is 11.7. The zero-order valence-electron chi connectivity index (χ0n) is 10.1. The van der Waals surface area contributed by atoms with Gasteiger partial charge in [0.15, 0.2) is 17.3 Å². The van der Waals surface area contributed by atoms with Crippen LogP contribution in [0.4, 0.5) is 0 Å². The summed E-state index contributed by atoms with van der Waals surface area (Å²) in [6.07, 6.45) is 4.47. The first-order valence-electron chi connectivity index (χ1n) is 5.44. The van der Waals surface area contributed by atoms with Crippen molar-refractivity contribution in [2.24, 2.45) is 0 Å². The van der Waals surface area contributed by atoms with Crippen LogP contribution in [-0.4, -0.2) is 18.0 Å². The third-order valence-electron chi connectivity index (χ3n) is 2.46. The van der Waals surface area contributed by atoms with Gasteiger partial charge in [0, 0.05) is 0 Å². The van der Waals surface area contributed by atoms with Crippen LogP contribution < -0.4 is 4.74 Å². The van der Waals surface area contributed by atoms with Crippen molar-refractivity contribution in [3.63, 3.8) is 0 Å². The first-order chi connectivity index (χ1) is 9.11. The first-order valence-corrected chi connectivity index (χ1v) is 6.23. The van der Waals surface area contributed by atoms with Crippen LogP contribution in [0.5, 0.6) is 11.5 Å². The lowest BCUT2D eigenvalue weighted by Gasteiger charge is -2.06. The third-order valence-corrected chi connectivity index (χ3v) is 3.07. The average molecular weight is 323 g/mol. The minimum atomic E-state index is -0.229. The van der Waals surface area contributed by atoms with E-state index in [1.807, 2.05) is 0 Å². The molecule has 1 aromatic heterocycles. The van der Waals surface area contributed by atoms with Gasteiger partial charge in [-0.2, -0.15) is 0 Å². The van der Waals surface area contributed by atoms with Crippen molar-refractivity contribution < 1.29 is 19.1 Å². The minimum Gasteiger partial charge on any atom is -0.503 e. The molecule has 19 heavy (non-hydrogen) atoms. The van der Waals surface area contributed by atoms with Crippen LogP contribution in [0.3, 0.4) is 0 Å². The van der Waals surface area contributed by atoms with Crippen molar-refractivity contribution in [3.8, 4) is 11.5 Å². The maximum Gasteiger partial charge on any atom is 0.221 e. The van der Waals surface area contributed by atoms with E-state index in [2.05, 4.69) is 15.9 Å². The van der Waals surface area contributed by atoms with E-state index in [-0.39, 0.29) is 17.3 Å². The number of carbonyl (C=O) groups is 1. The van der Waals surface area contributed by atoms with Crippen LogP contribution in [0.15, 0.2) is 45.5 Å². The van der Waals surface area contributed by atoms with E-state index in [9.17, 15) is 9.90 Å². The van der Waals surface area contributed by atoms with Crippen molar-refractivity contribution in [2.75, 3.05) is 7.11 Å². The van der Waals surface area contributed by atoms with Crippen molar-refractivity contribution in [3.05, 3.63) is 52.4 Å². The number of allylic oxidation sites excluding steroid dienone is 1. The summed E-state index contributed by atoms with van der Waals surface area (Å²) in [5, 5.41) is 9.67. The Morgan fingerprint density at radius 2 is 2.26 bits per heavy atom. The van der Waals surface area contributed by atoms with Crippen LogP contribution in [0, 0.1) is 0 Å². The largest absolute Gasteiger partial charge is 0.503 e. The topological polar surface area (TPSA) is 59.7 Å². The standard InChI is InChI=1S/C14H11BrO4/c1-18-13-8-9(7-10(15)14(13)17)4-5-11(16)12-3-2-6-19-12/h2-8,17H,1H3. The number of ketones is 1. The molecule has 1 aromatic carbocycles. The molecule has 0 radical (unpaired) electrons.